The van der Waals surface area contributed by atoms with Crippen LogP contribution in [0.3, 0.4) is 0 Å². The van der Waals surface area contributed by atoms with E-state index in [1.807, 2.05) is 6.07 Å². The van der Waals surface area contributed by atoms with Crippen LogP contribution in [0.4, 0.5) is 5.69 Å². The standard InChI is InChI=1S/C20H12BrClN2O4S/c1-2-7-28-16-6-3-12(21)8-11(16)9-17-18(25)24-20(29-17)23-13-4-5-15(22)14(10-13)19(26)27/h1,3-6,8-10H,7H2,(H,26,27)(H,23,24,25)/b17-9+. The minimum Gasteiger partial charge on any atom is -0.480 e. The zero-order chi connectivity index (χ0) is 21.0. The Bertz CT molecular complexity index is 1110. The molecular formula is C20H12BrClN2O4S. The second kappa shape index (κ2) is 9.18. The number of carboxylic acid groups (broad SMARTS) is 1. The number of hydrogen-bond donors (Lipinski definition) is 2. The highest BCUT2D eigenvalue weighted by atomic mass is 79.9. The van der Waals surface area contributed by atoms with Crippen molar-refractivity contribution in [3.63, 3.8) is 0 Å². The number of aliphatic imine (C=N–C) groups is 1. The number of carbonyl (C=O) groups is 2. The van der Waals surface area contributed by atoms with E-state index < -0.39 is 5.97 Å². The molecular weight excluding hydrogens is 480 g/mol. The maximum absolute atomic E-state index is 12.3. The average molecular weight is 492 g/mol. The molecule has 1 aliphatic heterocycles. The fourth-order valence-electron chi connectivity index (χ4n) is 2.37. The maximum Gasteiger partial charge on any atom is 0.337 e. The molecule has 2 aromatic carbocycles. The molecule has 9 heteroatoms. The monoisotopic (exact) mass is 490 g/mol. The highest BCUT2D eigenvalue weighted by Gasteiger charge is 2.24. The van der Waals surface area contributed by atoms with Gasteiger partial charge in [0.25, 0.3) is 5.91 Å². The van der Waals surface area contributed by atoms with Crippen LogP contribution in [0.2, 0.25) is 5.02 Å². The highest BCUT2D eigenvalue weighted by Crippen LogP contribution is 2.32. The number of carboxylic acids is 1. The van der Waals surface area contributed by atoms with Gasteiger partial charge in [0.1, 0.15) is 12.4 Å². The molecule has 0 aromatic heterocycles. The summed E-state index contributed by atoms with van der Waals surface area (Å²) in [4.78, 5) is 28.2. The van der Waals surface area contributed by atoms with E-state index >= 15 is 0 Å². The molecule has 6 nitrogen and oxygen atoms in total. The lowest BCUT2D eigenvalue weighted by Gasteiger charge is -2.07. The van der Waals surface area contributed by atoms with Crippen LogP contribution in [0, 0.1) is 12.3 Å². The van der Waals surface area contributed by atoms with Crippen molar-refractivity contribution >= 4 is 68.1 Å². The smallest absolute Gasteiger partial charge is 0.337 e. The molecule has 0 saturated carbocycles. The number of amidine groups is 1. The molecule has 1 fully saturated rings. The number of amides is 1. The average Bonchev–Trinajstić information content (AvgIpc) is 3.01. The Kier molecular flexibility index (Phi) is 6.64. The number of rotatable bonds is 5. The highest BCUT2D eigenvalue weighted by molar-refractivity contribution is 9.10. The van der Waals surface area contributed by atoms with Gasteiger partial charge in [-0.15, -0.1) is 6.42 Å². The van der Waals surface area contributed by atoms with Crippen LogP contribution >= 0.6 is 39.3 Å². The number of aromatic carboxylic acids is 1. The third kappa shape index (κ3) is 5.21. The zero-order valence-corrected chi connectivity index (χ0v) is 17.8. The van der Waals surface area contributed by atoms with Crippen molar-refractivity contribution in [3.05, 3.63) is 61.9 Å². The molecule has 0 bridgehead atoms. The third-order valence-corrected chi connectivity index (χ3v) is 5.36. The molecule has 2 N–H and O–H groups in total. The largest absolute Gasteiger partial charge is 0.480 e. The van der Waals surface area contributed by atoms with E-state index in [2.05, 4.69) is 32.2 Å². The van der Waals surface area contributed by atoms with Gasteiger partial charge in [0, 0.05) is 10.0 Å². The molecule has 0 aliphatic carbocycles. The van der Waals surface area contributed by atoms with Gasteiger partial charge < -0.3 is 15.2 Å². The molecule has 1 aliphatic rings. The number of nitrogens with one attached hydrogen (secondary N) is 1. The van der Waals surface area contributed by atoms with E-state index in [4.69, 9.17) is 27.9 Å². The van der Waals surface area contributed by atoms with E-state index in [0.717, 1.165) is 16.2 Å². The molecule has 0 radical (unpaired) electrons. The summed E-state index contributed by atoms with van der Waals surface area (Å²) >= 11 is 10.4. The lowest BCUT2D eigenvalue weighted by Crippen LogP contribution is -2.19. The molecule has 1 saturated heterocycles. The van der Waals surface area contributed by atoms with Crippen LogP contribution in [0.25, 0.3) is 6.08 Å². The van der Waals surface area contributed by atoms with Crippen molar-refractivity contribution in [1.82, 2.24) is 5.32 Å². The lowest BCUT2D eigenvalue weighted by atomic mass is 10.2. The number of nitrogens with zero attached hydrogens (tertiary/aromatic N) is 1. The van der Waals surface area contributed by atoms with Crippen molar-refractivity contribution in [3.8, 4) is 18.1 Å². The lowest BCUT2D eigenvalue weighted by molar-refractivity contribution is -0.115. The number of terminal acetylenes is 1. The maximum atomic E-state index is 12.3. The van der Waals surface area contributed by atoms with Crippen LogP contribution < -0.4 is 10.1 Å². The number of hydrogen-bond acceptors (Lipinski definition) is 5. The number of ether oxygens (including phenoxy) is 1. The van der Waals surface area contributed by atoms with Crippen LogP contribution in [-0.4, -0.2) is 28.8 Å². The van der Waals surface area contributed by atoms with E-state index in [9.17, 15) is 9.59 Å². The van der Waals surface area contributed by atoms with Crippen LogP contribution in [0.15, 0.2) is 50.8 Å². The number of halogens is 2. The van der Waals surface area contributed by atoms with Gasteiger partial charge in [0.2, 0.25) is 0 Å². The molecule has 0 spiro atoms. The second-order valence-corrected chi connectivity index (χ2v) is 7.98. The Morgan fingerprint density at radius 1 is 1.38 bits per heavy atom. The van der Waals surface area contributed by atoms with E-state index in [0.29, 0.717) is 27.1 Å². The van der Waals surface area contributed by atoms with Crippen molar-refractivity contribution in [2.75, 3.05) is 6.61 Å². The van der Waals surface area contributed by atoms with Crippen molar-refractivity contribution < 1.29 is 19.4 Å². The molecule has 3 rings (SSSR count). The molecule has 146 valence electrons. The van der Waals surface area contributed by atoms with Gasteiger partial charge in [0.05, 0.1) is 21.2 Å². The summed E-state index contributed by atoms with van der Waals surface area (Å²) in [6.07, 6.45) is 6.91. The van der Waals surface area contributed by atoms with Crippen LogP contribution in [0.1, 0.15) is 15.9 Å². The van der Waals surface area contributed by atoms with E-state index in [-0.39, 0.29) is 23.1 Å². The summed E-state index contributed by atoms with van der Waals surface area (Å²) < 4.78 is 6.33. The molecule has 1 heterocycles. The normalized spacial score (nSPS) is 16.0. The Labute approximate surface area is 184 Å². The van der Waals surface area contributed by atoms with Gasteiger partial charge >= 0.3 is 5.97 Å². The first kappa shape index (κ1) is 21.0. The SMILES string of the molecule is C#CCOc1ccc(Br)cc1/C=C1/SC(=Nc2ccc(Cl)c(C(=O)O)c2)NC1=O. The summed E-state index contributed by atoms with van der Waals surface area (Å²) in [5, 5.41) is 12.2. The molecule has 2 aromatic rings. The van der Waals surface area contributed by atoms with Gasteiger partial charge in [-0.05, 0) is 54.2 Å². The Balaban J connectivity index is 1.89. The summed E-state index contributed by atoms with van der Waals surface area (Å²) in [6, 6.07) is 9.71. The summed E-state index contributed by atoms with van der Waals surface area (Å²) in [7, 11) is 0. The molecule has 1 amide bonds. The van der Waals surface area contributed by atoms with E-state index in [1.54, 1.807) is 24.3 Å². The third-order valence-electron chi connectivity index (χ3n) is 3.63. The van der Waals surface area contributed by atoms with Crippen molar-refractivity contribution in [2.45, 2.75) is 0 Å². The summed E-state index contributed by atoms with van der Waals surface area (Å²) in [5.74, 6) is 1.46. The fourth-order valence-corrected chi connectivity index (χ4v) is 3.78. The minimum absolute atomic E-state index is 0.0666. The predicted octanol–water partition coefficient (Wildman–Crippen LogP) is 4.70. The number of thioether (sulfide) groups is 1. The molecule has 29 heavy (non-hydrogen) atoms. The van der Waals surface area contributed by atoms with Gasteiger partial charge in [-0.25, -0.2) is 9.79 Å². The van der Waals surface area contributed by atoms with Crippen molar-refractivity contribution in [1.29, 1.82) is 0 Å². The quantitative estimate of drug-likeness (QED) is 0.467. The second-order valence-electron chi connectivity index (χ2n) is 5.63. The molecule has 0 unspecified atom stereocenters. The predicted molar refractivity (Wildman–Crippen MR) is 118 cm³/mol. The first-order valence-electron chi connectivity index (χ1n) is 8.05. The number of benzene rings is 2. The Morgan fingerprint density at radius 3 is 2.90 bits per heavy atom. The van der Waals surface area contributed by atoms with Crippen LogP contribution in [-0.2, 0) is 4.79 Å². The van der Waals surface area contributed by atoms with Gasteiger partial charge in [-0.3, -0.25) is 4.79 Å². The van der Waals surface area contributed by atoms with Gasteiger partial charge in [-0.2, -0.15) is 0 Å². The van der Waals surface area contributed by atoms with Gasteiger partial charge in [-0.1, -0.05) is 33.5 Å². The Morgan fingerprint density at radius 2 is 2.17 bits per heavy atom. The van der Waals surface area contributed by atoms with E-state index in [1.165, 1.54) is 12.1 Å². The Hall–Kier alpha value is -2.73. The topological polar surface area (TPSA) is 88.0 Å². The molecule has 0 atom stereocenters. The first-order valence-corrected chi connectivity index (χ1v) is 10.0. The fraction of sp³-hybridized carbons (Fsp3) is 0.0500. The zero-order valence-electron chi connectivity index (χ0n) is 14.6. The summed E-state index contributed by atoms with van der Waals surface area (Å²) in [6.45, 7) is 0.104. The van der Waals surface area contributed by atoms with Crippen molar-refractivity contribution in [2.24, 2.45) is 4.99 Å². The first-order chi connectivity index (χ1) is 13.9. The summed E-state index contributed by atoms with van der Waals surface area (Å²) in [5.41, 5.74) is 0.965. The number of carbonyl (C=O) groups excluding carboxylic acids is 1. The van der Waals surface area contributed by atoms with Gasteiger partial charge in [0.15, 0.2) is 5.17 Å². The van der Waals surface area contributed by atoms with Crippen LogP contribution in [0.5, 0.6) is 5.75 Å². The minimum atomic E-state index is -1.16.